The van der Waals surface area contributed by atoms with Gasteiger partial charge in [-0.1, -0.05) is 24.3 Å². The Morgan fingerprint density at radius 3 is 2.20 bits per heavy atom. The molecular formula is C23H20N4O3. The molecule has 1 unspecified atom stereocenters. The van der Waals surface area contributed by atoms with Crippen LogP contribution in [0, 0.1) is 0 Å². The third-order valence-corrected chi connectivity index (χ3v) is 4.83. The van der Waals surface area contributed by atoms with Crippen molar-refractivity contribution >= 4 is 28.5 Å². The highest BCUT2D eigenvalue weighted by Crippen LogP contribution is 2.18. The lowest BCUT2D eigenvalue weighted by molar-refractivity contribution is 0.0939. The minimum atomic E-state index is -0.265. The second-order valence-corrected chi connectivity index (χ2v) is 6.98. The van der Waals surface area contributed by atoms with Crippen LogP contribution in [0.4, 0.5) is 5.69 Å². The molecule has 0 fully saturated rings. The maximum Gasteiger partial charge on any atom is 0.323 e. The highest BCUT2D eigenvalue weighted by Gasteiger charge is 2.13. The topological polar surface area (TPSA) is 107 Å². The van der Waals surface area contributed by atoms with Gasteiger partial charge in [-0.3, -0.25) is 9.59 Å². The summed E-state index contributed by atoms with van der Waals surface area (Å²) < 4.78 is 0. The third-order valence-electron chi connectivity index (χ3n) is 4.83. The molecule has 1 atom stereocenters. The molecule has 2 amide bonds. The van der Waals surface area contributed by atoms with Crippen LogP contribution in [-0.2, 0) is 0 Å². The van der Waals surface area contributed by atoms with Crippen LogP contribution in [0.1, 0.15) is 39.2 Å². The molecule has 1 aromatic heterocycles. The summed E-state index contributed by atoms with van der Waals surface area (Å²) in [5, 5.41) is 5.75. The Balaban J connectivity index is 1.41. The first-order valence-corrected chi connectivity index (χ1v) is 9.49. The Kier molecular flexibility index (Phi) is 5.17. The number of hydrogen-bond acceptors (Lipinski definition) is 3. The molecule has 7 heteroatoms. The Bertz CT molecular complexity index is 1260. The zero-order chi connectivity index (χ0) is 21.1. The van der Waals surface area contributed by atoms with Crippen molar-refractivity contribution in [1.29, 1.82) is 0 Å². The van der Waals surface area contributed by atoms with E-state index in [1.807, 2.05) is 25.1 Å². The average molecular weight is 400 g/mol. The first-order valence-electron chi connectivity index (χ1n) is 9.49. The first kappa shape index (κ1) is 19.2. The highest BCUT2D eigenvalue weighted by molar-refractivity contribution is 6.04. The standard InChI is InChI=1S/C23H20N4O3/c1-14(17-9-12-19-20(13-17)27-23(30)26-19)24-21(28)16-7-10-18(11-8-16)25-22(29)15-5-3-2-4-6-15/h2-14H,1H3,(H,24,28)(H,25,29)(H2,26,27,30). The van der Waals surface area contributed by atoms with Gasteiger partial charge in [-0.05, 0) is 61.0 Å². The van der Waals surface area contributed by atoms with E-state index in [0.717, 1.165) is 11.1 Å². The Labute approximate surface area is 172 Å². The van der Waals surface area contributed by atoms with E-state index >= 15 is 0 Å². The lowest BCUT2D eigenvalue weighted by Crippen LogP contribution is -2.26. The summed E-state index contributed by atoms with van der Waals surface area (Å²) in [6, 6.07) is 20.9. The summed E-state index contributed by atoms with van der Waals surface area (Å²) in [6.07, 6.45) is 0. The number of carbonyl (C=O) groups excluding carboxylic acids is 2. The third kappa shape index (κ3) is 4.15. The van der Waals surface area contributed by atoms with Crippen molar-refractivity contribution in [3.63, 3.8) is 0 Å². The number of benzene rings is 3. The zero-order valence-corrected chi connectivity index (χ0v) is 16.2. The van der Waals surface area contributed by atoms with Crippen LogP contribution in [0.5, 0.6) is 0 Å². The molecule has 0 aliphatic heterocycles. The summed E-state index contributed by atoms with van der Waals surface area (Å²) >= 11 is 0. The average Bonchev–Trinajstić information content (AvgIpc) is 3.14. The molecule has 7 nitrogen and oxygen atoms in total. The van der Waals surface area contributed by atoms with Gasteiger partial charge in [0.05, 0.1) is 17.1 Å². The second kappa shape index (κ2) is 8.08. The number of aromatic amines is 2. The molecule has 0 radical (unpaired) electrons. The Morgan fingerprint density at radius 1 is 0.800 bits per heavy atom. The van der Waals surface area contributed by atoms with Gasteiger partial charge >= 0.3 is 5.69 Å². The number of fused-ring (bicyclic) bond motifs is 1. The number of aromatic nitrogens is 2. The summed E-state index contributed by atoms with van der Waals surface area (Å²) in [4.78, 5) is 41.6. The van der Waals surface area contributed by atoms with E-state index in [1.54, 1.807) is 54.6 Å². The van der Waals surface area contributed by atoms with Crippen LogP contribution in [0.3, 0.4) is 0 Å². The van der Waals surface area contributed by atoms with E-state index in [9.17, 15) is 14.4 Å². The number of hydrogen-bond donors (Lipinski definition) is 4. The van der Waals surface area contributed by atoms with Crippen molar-refractivity contribution in [3.05, 3.63) is 100.0 Å². The summed E-state index contributed by atoms with van der Waals surface area (Å²) in [5.41, 5.74) is 3.67. The predicted octanol–water partition coefficient (Wildman–Crippen LogP) is 3.60. The maximum absolute atomic E-state index is 12.6. The van der Waals surface area contributed by atoms with Gasteiger partial charge in [0.1, 0.15) is 0 Å². The van der Waals surface area contributed by atoms with Gasteiger partial charge in [0.25, 0.3) is 11.8 Å². The molecule has 0 saturated heterocycles. The van der Waals surface area contributed by atoms with Crippen molar-refractivity contribution in [1.82, 2.24) is 15.3 Å². The quantitative estimate of drug-likeness (QED) is 0.411. The molecule has 4 N–H and O–H groups in total. The fraction of sp³-hybridized carbons (Fsp3) is 0.0870. The van der Waals surface area contributed by atoms with Crippen LogP contribution >= 0.6 is 0 Å². The molecule has 0 spiro atoms. The second-order valence-electron chi connectivity index (χ2n) is 6.98. The number of nitrogens with one attached hydrogen (secondary N) is 4. The molecule has 0 aliphatic rings. The molecular weight excluding hydrogens is 380 g/mol. The number of H-pyrrole nitrogens is 2. The first-order chi connectivity index (χ1) is 14.5. The van der Waals surface area contributed by atoms with E-state index in [0.29, 0.717) is 22.3 Å². The van der Waals surface area contributed by atoms with Gasteiger partial charge in [-0.2, -0.15) is 0 Å². The van der Waals surface area contributed by atoms with Crippen LogP contribution in [0.2, 0.25) is 0 Å². The van der Waals surface area contributed by atoms with E-state index in [1.165, 1.54) is 0 Å². The van der Waals surface area contributed by atoms with E-state index in [4.69, 9.17) is 0 Å². The molecule has 0 aliphatic carbocycles. The van der Waals surface area contributed by atoms with Crippen molar-refractivity contribution in [3.8, 4) is 0 Å². The van der Waals surface area contributed by atoms with Crippen LogP contribution in [-0.4, -0.2) is 21.8 Å². The van der Waals surface area contributed by atoms with Gasteiger partial charge in [0, 0.05) is 16.8 Å². The van der Waals surface area contributed by atoms with Crippen molar-refractivity contribution < 1.29 is 9.59 Å². The normalized spacial score (nSPS) is 11.8. The fourth-order valence-electron chi connectivity index (χ4n) is 3.18. The minimum absolute atomic E-state index is 0.209. The minimum Gasteiger partial charge on any atom is -0.346 e. The molecule has 4 aromatic rings. The van der Waals surface area contributed by atoms with E-state index in [-0.39, 0.29) is 23.5 Å². The van der Waals surface area contributed by atoms with Crippen LogP contribution < -0.4 is 16.3 Å². The van der Waals surface area contributed by atoms with E-state index in [2.05, 4.69) is 20.6 Å². The summed E-state index contributed by atoms with van der Waals surface area (Å²) in [7, 11) is 0. The maximum atomic E-state index is 12.6. The van der Waals surface area contributed by atoms with Crippen molar-refractivity contribution in [2.75, 3.05) is 5.32 Å². The number of amides is 2. The number of rotatable bonds is 5. The van der Waals surface area contributed by atoms with Crippen LogP contribution in [0.25, 0.3) is 11.0 Å². The van der Waals surface area contributed by atoms with E-state index < -0.39 is 0 Å². The Hall–Kier alpha value is -4.13. The van der Waals surface area contributed by atoms with Gasteiger partial charge in [0.2, 0.25) is 0 Å². The molecule has 0 saturated carbocycles. The zero-order valence-electron chi connectivity index (χ0n) is 16.2. The predicted molar refractivity (Wildman–Crippen MR) is 116 cm³/mol. The summed E-state index contributed by atoms with van der Waals surface area (Å²) in [5.74, 6) is -0.439. The number of anilines is 1. The number of carbonyl (C=O) groups is 2. The number of imidazole rings is 1. The lowest BCUT2D eigenvalue weighted by Gasteiger charge is -2.15. The van der Waals surface area contributed by atoms with Crippen molar-refractivity contribution in [2.45, 2.75) is 13.0 Å². The van der Waals surface area contributed by atoms with Gasteiger partial charge in [-0.25, -0.2) is 4.79 Å². The fourth-order valence-corrected chi connectivity index (χ4v) is 3.18. The van der Waals surface area contributed by atoms with Gasteiger partial charge in [-0.15, -0.1) is 0 Å². The molecule has 1 heterocycles. The van der Waals surface area contributed by atoms with Crippen molar-refractivity contribution in [2.24, 2.45) is 0 Å². The Morgan fingerprint density at radius 2 is 1.47 bits per heavy atom. The smallest absolute Gasteiger partial charge is 0.323 e. The highest BCUT2D eigenvalue weighted by atomic mass is 16.2. The molecule has 150 valence electrons. The molecule has 30 heavy (non-hydrogen) atoms. The lowest BCUT2D eigenvalue weighted by atomic mass is 10.1. The molecule has 4 rings (SSSR count). The molecule has 0 bridgehead atoms. The SMILES string of the molecule is CC(NC(=O)c1ccc(NC(=O)c2ccccc2)cc1)c1ccc2[nH]c(=O)[nH]c2c1. The largest absolute Gasteiger partial charge is 0.346 e. The molecule has 3 aromatic carbocycles. The van der Waals surface area contributed by atoms with Gasteiger partial charge < -0.3 is 20.6 Å². The summed E-state index contributed by atoms with van der Waals surface area (Å²) in [6.45, 7) is 1.87. The van der Waals surface area contributed by atoms with Gasteiger partial charge in [0.15, 0.2) is 0 Å². The van der Waals surface area contributed by atoms with Crippen LogP contribution in [0.15, 0.2) is 77.6 Å². The monoisotopic (exact) mass is 400 g/mol.